The molecule has 104 valence electrons. The molecule has 0 fully saturated rings. The van der Waals surface area contributed by atoms with Gasteiger partial charge in [0.15, 0.2) is 0 Å². The molecule has 0 aliphatic heterocycles. The maximum atomic E-state index is 10.7. The zero-order valence-electron chi connectivity index (χ0n) is 12.1. The highest BCUT2D eigenvalue weighted by molar-refractivity contribution is 7.85. The van der Waals surface area contributed by atoms with Crippen LogP contribution in [-0.2, 0) is 10.1 Å². The molecule has 0 aliphatic rings. The van der Waals surface area contributed by atoms with Crippen LogP contribution >= 0.6 is 0 Å². The Morgan fingerprint density at radius 3 is 1.82 bits per heavy atom. The van der Waals surface area contributed by atoms with Crippen LogP contribution in [-0.4, -0.2) is 18.7 Å². The first-order valence-electron chi connectivity index (χ1n) is 6.26. The molecule has 0 bridgehead atoms. The Kier molecular flexibility index (Phi) is 5.67. The number of rotatable bonds is 5. The van der Waals surface area contributed by atoms with Gasteiger partial charge in [-0.1, -0.05) is 41.5 Å². The lowest BCUT2D eigenvalue weighted by Crippen LogP contribution is -2.26. The third-order valence-electron chi connectivity index (χ3n) is 3.04. The van der Waals surface area contributed by atoms with Crippen LogP contribution in [0.5, 0.6) is 0 Å². The van der Waals surface area contributed by atoms with Crippen LogP contribution in [0.25, 0.3) is 0 Å². The molecule has 0 aromatic carbocycles. The fourth-order valence-electron chi connectivity index (χ4n) is 2.09. The van der Waals surface area contributed by atoms with Crippen LogP contribution in [0.4, 0.5) is 0 Å². The van der Waals surface area contributed by atoms with Gasteiger partial charge in [-0.3, -0.25) is 4.55 Å². The Morgan fingerprint density at radius 2 is 1.53 bits per heavy atom. The smallest absolute Gasteiger partial charge is 0.264 e. The Bertz CT molecular complexity index is 318. The molecule has 1 unspecified atom stereocenters. The van der Waals surface area contributed by atoms with Gasteiger partial charge in [0.1, 0.15) is 0 Å². The summed E-state index contributed by atoms with van der Waals surface area (Å²) in [5, 5.41) is 0. The second kappa shape index (κ2) is 5.70. The Hall–Kier alpha value is -0.0900. The van der Waals surface area contributed by atoms with E-state index in [0.717, 1.165) is 12.8 Å². The fraction of sp³-hybridized carbons (Fsp3) is 1.00. The molecule has 1 atom stereocenters. The van der Waals surface area contributed by atoms with Crippen molar-refractivity contribution in [1.29, 1.82) is 0 Å². The largest absolute Gasteiger partial charge is 0.286 e. The maximum absolute atomic E-state index is 10.7. The van der Waals surface area contributed by atoms with Gasteiger partial charge in [-0.25, -0.2) is 0 Å². The maximum Gasteiger partial charge on any atom is 0.264 e. The lowest BCUT2D eigenvalue weighted by Gasteiger charge is -2.35. The van der Waals surface area contributed by atoms with Gasteiger partial charge in [-0.05, 0) is 36.0 Å². The summed E-state index contributed by atoms with van der Waals surface area (Å²) in [5.74, 6) is 0.355. The van der Waals surface area contributed by atoms with Crippen LogP contribution in [0.2, 0.25) is 0 Å². The highest BCUT2D eigenvalue weighted by Gasteiger charge is 2.28. The van der Waals surface area contributed by atoms with Crippen molar-refractivity contribution in [2.45, 2.75) is 60.8 Å². The highest BCUT2D eigenvalue weighted by Crippen LogP contribution is 2.38. The van der Waals surface area contributed by atoms with E-state index in [1.165, 1.54) is 0 Å². The molecule has 0 saturated heterocycles. The third kappa shape index (κ3) is 9.60. The molecule has 0 heterocycles. The molecule has 0 rings (SSSR count). The van der Waals surface area contributed by atoms with Crippen molar-refractivity contribution < 1.29 is 13.0 Å². The molecule has 1 N–H and O–H groups in total. The molecule has 0 aromatic heterocycles. The van der Waals surface area contributed by atoms with E-state index in [9.17, 15) is 8.42 Å². The van der Waals surface area contributed by atoms with Gasteiger partial charge in [-0.2, -0.15) is 8.42 Å². The second-order valence-electron chi connectivity index (χ2n) is 7.26. The summed E-state index contributed by atoms with van der Waals surface area (Å²) in [6, 6.07) is 0. The molecular weight excluding hydrogens is 236 g/mol. The molecule has 0 aromatic rings. The van der Waals surface area contributed by atoms with Crippen molar-refractivity contribution in [3.05, 3.63) is 0 Å². The molecular formula is C13H28O3S. The molecule has 0 saturated carbocycles. The predicted molar refractivity (Wildman–Crippen MR) is 72.7 cm³/mol. The van der Waals surface area contributed by atoms with Gasteiger partial charge in [0.2, 0.25) is 0 Å². The first-order valence-corrected chi connectivity index (χ1v) is 7.87. The van der Waals surface area contributed by atoms with Gasteiger partial charge in [-0.15, -0.1) is 0 Å². The first kappa shape index (κ1) is 16.9. The van der Waals surface area contributed by atoms with Crippen molar-refractivity contribution in [1.82, 2.24) is 0 Å². The predicted octanol–water partition coefficient (Wildman–Crippen LogP) is 3.75. The standard InChI is InChI=1S/C13H28O3S/c1-12(2,3)10-11(13(4,5)6)8-7-9-17(14,15)16/h11H,7-10H2,1-6H3,(H,14,15,16). The molecule has 0 spiro atoms. The van der Waals surface area contributed by atoms with Crippen molar-refractivity contribution in [3.63, 3.8) is 0 Å². The van der Waals surface area contributed by atoms with E-state index in [2.05, 4.69) is 41.5 Å². The highest BCUT2D eigenvalue weighted by atomic mass is 32.2. The van der Waals surface area contributed by atoms with E-state index in [1.807, 2.05) is 0 Å². The van der Waals surface area contributed by atoms with Crippen molar-refractivity contribution in [2.24, 2.45) is 16.7 Å². The lowest BCUT2D eigenvalue weighted by molar-refractivity contribution is 0.154. The van der Waals surface area contributed by atoms with E-state index < -0.39 is 10.1 Å². The zero-order chi connectivity index (χ0) is 13.9. The molecule has 3 nitrogen and oxygen atoms in total. The Labute approximate surface area is 107 Å². The minimum atomic E-state index is -3.81. The van der Waals surface area contributed by atoms with Crippen LogP contribution < -0.4 is 0 Å². The summed E-state index contributed by atoms with van der Waals surface area (Å²) in [7, 11) is -3.81. The summed E-state index contributed by atoms with van der Waals surface area (Å²) >= 11 is 0. The Balaban J connectivity index is 4.43. The molecule has 0 amide bonds. The van der Waals surface area contributed by atoms with Gasteiger partial charge < -0.3 is 0 Å². The molecule has 0 radical (unpaired) electrons. The average molecular weight is 264 g/mol. The normalized spacial score (nSPS) is 15.9. The van der Waals surface area contributed by atoms with E-state index >= 15 is 0 Å². The minimum Gasteiger partial charge on any atom is -0.286 e. The first-order chi connectivity index (χ1) is 7.31. The summed E-state index contributed by atoms with van der Waals surface area (Å²) in [5.41, 5.74) is 0.419. The van der Waals surface area contributed by atoms with Crippen LogP contribution in [0.1, 0.15) is 60.8 Å². The van der Waals surface area contributed by atoms with Crippen molar-refractivity contribution >= 4 is 10.1 Å². The van der Waals surface area contributed by atoms with E-state index in [0.29, 0.717) is 12.3 Å². The number of hydrogen-bond donors (Lipinski definition) is 1. The SMILES string of the molecule is CC(C)(C)CC(CCCS(=O)(=O)O)C(C)(C)C. The molecule has 4 heteroatoms. The van der Waals surface area contributed by atoms with E-state index in [-0.39, 0.29) is 16.6 Å². The lowest BCUT2D eigenvalue weighted by atomic mass is 9.70. The zero-order valence-corrected chi connectivity index (χ0v) is 12.9. The van der Waals surface area contributed by atoms with E-state index in [1.54, 1.807) is 0 Å². The van der Waals surface area contributed by atoms with Gasteiger partial charge >= 0.3 is 0 Å². The average Bonchev–Trinajstić information content (AvgIpc) is 1.95. The van der Waals surface area contributed by atoms with E-state index in [4.69, 9.17) is 4.55 Å². The van der Waals surface area contributed by atoms with Crippen molar-refractivity contribution in [3.8, 4) is 0 Å². The molecule has 17 heavy (non-hydrogen) atoms. The second-order valence-corrected chi connectivity index (χ2v) is 8.83. The minimum absolute atomic E-state index is 0.121. The summed E-state index contributed by atoms with van der Waals surface area (Å²) in [4.78, 5) is 0. The fourth-order valence-corrected chi connectivity index (χ4v) is 2.62. The Morgan fingerprint density at radius 1 is 1.06 bits per heavy atom. The van der Waals surface area contributed by atoms with Crippen LogP contribution in [0, 0.1) is 16.7 Å². The molecule has 0 aliphatic carbocycles. The van der Waals surface area contributed by atoms with Crippen LogP contribution in [0.15, 0.2) is 0 Å². The van der Waals surface area contributed by atoms with Crippen molar-refractivity contribution in [2.75, 3.05) is 5.75 Å². The summed E-state index contributed by atoms with van der Waals surface area (Å²) < 4.78 is 30.1. The topological polar surface area (TPSA) is 54.4 Å². The monoisotopic (exact) mass is 264 g/mol. The quantitative estimate of drug-likeness (QED) is 0.769. The third-order valence-corrected chi connectivity index (χ3v) is 3.84. The number of hydrogen-bond acceptors (Lipinski definition) is 2. The summed E-state index contributed by atoms with van der Waals surface area (Å²) in [6.45, 7) is 13.2. The van der Waals surface area contributed by atoms with Gasteiger partial charge in [0.25, 0.3) is 10.1 Å². The van der Waals surface area contributed by atoms with Gasteiger partial charge in [0, 0.05) is 0 Å². The van der Waals surface area contributed by atoms with Crippen LogP contribution in [0.3, 0.4) is 0 Å². The summed E-state index contributed by atoms with van der Waals surface area (Å²) in [6.07, 6.45) is 2.46. The van der Waals surface area contributed by atoms with Gasteiger partial charge in [0.05, 0.1) is 5.75 Å².